The van der Waals surface area contributed by atoms with E-state index in [1.54, 1.807) is 30.7 Å². The summed E-state index contributed by atoms with van der Waals surface area (Å²) in [6.45, 7) is 0.369. The first-order valence-corrected chi connectivity index (χ1v) is 5.87. The van der Waals surface area contributed by atoms with Gasteiger partial charge in [0, 0.05) is 35.2 Å². The Balaban J connectivity index is 1.81. The van der Waals surface area contributed by atoms with Crippen LogP contribution in [0.15, 0.2) is 36.8 Å². The number of aromatic amines is 2. The monoisotopic (exact) mass is 255 g/mol. The zero-order valence-corrected chi connectivity index (χ0v) is 10.1. The molecule has 0 aliphatic carbocycles. The smallest absolute Gasteiger partial charge is 0.253 e. The van der Waals surface area contributed by atoms with Gasteiger partial charge in [-0.25, -0.2) is 4.98 Å². The lowest BCUT2D eigenvalue weighted by Gasteiger charge is -2.02. The normalized spacial score (nSPS) is 10.7. The van der Waals surface area contributed by atoms with E-state index in [2.05, 4.69) is 20.3 Å². The molecule has 0 spiro atoms. The Bertz CT molecular complexity index is 714. The maximum absolute atomic E-state index is 12.1. The number of nitrogens with zero attached hydrogens (tertiary/aromatic N) is 1. The van der Waals surface area contributed by atoms with Gasteiger partial charge in [0.1, 0.15) is 5.82 Å². The number of nitrogens with two attached hydrogens (primary N) is 1. The van der Waals surface area contributed by atoms with Crippen molar-refractivity contribution in [3.8, 4) is 0 Å². The highest BCUT2D eigenvalue weighted by molar-refractivity contribution is 6.07. The van der Waals surface area contributed by atoms with Crippen LogP contribution in [-0.4, -0.2) is 20.9 Å². The van der Waals surface area contributed by atoms with E-state index < -0.39 is 0 Å². The molecule has 0 aliphatic rings. The lowest BCUT2D eigenvalue weighted by atomic mass is 10.1. The van der Waals surface area contributed by atoms with Gasteiger partial charge in [-0.3, -0.25) is 4.79 Å². The number of hydrogen-bond acceptors (Lipinski definition) is 3. The standard InChI is InChI=1S/C13H13N5O/c14-8-1-2-9-10(6-17-11(9)5-8)13(19)18-7-12-15-3-4-16-12/h1-6,17H,7,14H2,(H,15,16)(H,18,19). The topological polar surface area (TPSA) is 99.6 Å². The van der Waals surface area contributed by atoms with Crippen LogP contribution in [0.1, 0.15) is 16.2 Å². The van der Waals surface area contributed by atoms with Gasteiger partial charge in [0.15, 0.2) is 0 Å². The fraction of sp³-hybridized carbons (Fsp3) is 0.0769. The van der Waals surface area contributed by atoms with E-state index in [0.29, 0.717) is 17.8 Å². The number of carbonyl (C=O) groups excluding carboxylic acids is 1. The molecule has 0 saturated carbocycles. The fourth-order valence-corrected chi connectivity index (χ4v) is 1.99. The number of fused-ring (bicyclic) bond motifs is 1. The molecule has 3 rings (SSSR count). The zero-order chi connectivity index (χ0) is 13.2. The van der Waals surface area contributed by atoms with Crippen LogP contribution in [0.5, 0.6) is 0 Å². The van der Waals surface area contributed by atoms with Crippen molar-refractivity contribution in [1.29, 1.82) is 0 Å². The Labute approximate surface area is 109 Å². The molecule has 0 fully saturated rings. The third-order valence-corrected chi connectivity index (χ3v) is 2.92. The summed E-state index contributed by atoms with van der Waals surface area (Å²) < 4.78 is 0. The minimum atomic E-state index is -0.146. The van der Waals surface area contributed by atoms with Crippen LogP contribution in [0.3, 0.4) is 0 Å². The SMILES string of the molecule is Nc1ccc2c(C(=O)NCc3ncc[nH]3)c[nH]c2c1. The van der Waals surface area contributed by atoms with Crippen molar-refractivity contribution in [2.45, 2.75) is 6.54 Å². The molecule has 2 heterocycles. The number of hydrogen-bond donors (Lipinski definition) is 4. The summed E-state index contributed by atoms with van der Waals surface area (Å²) in [6.07, 6.45) is 5.05. The first-order chi connectivity index (χ1) is 9.24. The van der Waals surface area contributed by atoms with Gasteiger partial charge in [-0.05, 0) is 18.2 Å². The van der Waals surface area contributed by atoms with Crippen LogP contribution in [0, 0.1) is 0 Å². The van der Waals surface area contributed by atoms with Crippen LogP contribution >= 0.6 is 0 Å². The maximum atomic E-state index is 12.1. The summed E-state index contributed by atoms with van der Waals surface area (Å²) in [5, 5.41) is 3.66. The first-order valence-electron chi connectivity index (χ1n) is 5.87. The minimum Gasteiger partial charge on any atom is -0.399 e. The Kier molecular flexibility index (Phi) is 2.68. The Morgan fingerprint density at radius 2 is 2.26 bits per heavy atom. The number of anilines is 1. The number of aromatic nitrogens is 3. The van der Waals surface area contributed by atoms with Crippen LogP contribution in [0.25, 0.3) is 10.9 Å². The summed E-state index contributed by atoms with van der Waals surface area (Å²) in [5.74, 6) is 0.574. The zero-order valence-electron chi connectivity index (χ0n) is 10.1. The predicted octanol–water partition coefficient (Wildman–Crippen LogP) is 1.40. The summed E-state index contributed by atoms with van der Waals surface area (Å²) in [6, 6.07) is 5.42. The molecule has 3 aromatic rings. The fourth-order valence-electron chi connectivity index (χ4n) is 1.99. The average Bonchev–Trinajstić information content (AvgIpc) is 3.04. The molecule has 1 amide bonds. The van der Waals surface area contributed by atoms with E-state index in [-0.39, 0.29) is 5.91 Å². The molecule has 0 radical (unpaired) electrons. The lowest BCUT2D eigenvalue weighted by molar-refractivity contribution is 0.0951. The Morgan fingerprint density at radius 1 is 1.37 bits per heavy atom. The Hall–Kier alpha value is -2.76. The van der Waals surface area contributed by atoms with E-state index in [1.807, 2.05) is 6.07 Å². The summed E-state index contributed by atoms with van der Waals surface area (Å²) >= 11 is 0. The van der Waals surface area contributed by atoms with Crippen LogP contribution < -0.4 is 11.1 Å². The molecule has 19 heavy (non-hydrogen) atoms. The van der Waals surface area contributed by atoms with Gasteiger partial charge in [0.25, 0.3) is 5.91 Å². The van der Waals surface area contributed by atoms with Crippen molar-refractivity contribution in [3.05, 3.63) is 48.2 Å². The number of nitrogens with one attached hydrogen (secondary N) is 3. The quantitative estimate of drug-likeness (QED) is 0.532. The molecule has 1 aromatic carbocycles. The largest absolute Gasteiger partial charge is 0.399 e. The van der Waals surface area contributed by atoms with Crippen molar-refractivity contribution in [2.75, 3.05) is 5.73 Å². The van der Waals surface area contributed by atoms with Crippen LogP contribution in [0.2, 0.25) is 0 Å². The van der Waals surface area contributed by atoms with Gasteiger partial charge < -0.3 is 21.0 Å². The molecule has 96 valence electrons. The van der Waals surface area contributed by atoms with Gasteiger partial charge >= 0.3 is 0 Å². The third kappa shape index (κ3) is 2.15. The predicted molar refractivity (Wildman–Crippen MR) is 72.5 cm³/mol. The van der Waals surface area contributed by atoms with E-state index >= 15 is 0 Å². The van der Waals surface area contributed by atoms with Crippen molar-refractivity contribution >= 4 is 22.5 Å². The minimum absolute atomic E-state index is 0.146. The van der Waals surface area contributed by atoms with Crippen LogP contribution in [-0.2, 0) is 6.54 Å². The van der Waals surface area contributed by atoms with E-state index in [0.717, 1.165) is 16.7 Å². The molecule has 6 heteroatoms. The number of rotatable bonds is 3. The number of nitrogen functional groups attached to an aromatic ring is 1. The molecule has 0 bridgehead atoms. The Morgan fingerprint density at radius 3 is 3.05 bits per heavy atom. The van der Waals surface area contributed by atoms with E-state index in [4.69, 9.17) is 5.73 Å². The first kappa shape index (κ1) is 11.3. The second-order valence-corrected chi connectivity index (χ2v) is 4.23. The van der Waals surface area contributed by atoms with Gasteiger partial charge in [-0.15, -0.1) is 0 Å². The van der Waals surface area contributed by atoms with Crippen LogP contribution in [0.4, 0.5) is 5.69 Å². The molecule has 6 nitrogen and oxygen atoms in total. The number of benzene rings is 1. The average molecular weight is 255 g/mol. The third-order valence-electron chi connectivity index (χ3n) is 2.92. The number of carbonyl (C=O) groups is 1. The van der Waals surface area contributed by atoms with E-state index in [1.165, 1.54) is 0 Å². The molecule has 0 aliphatic heterocycles. The van der Waals surface area contributed by atoms with Crippen molar-refractivity contribution in [1.82, 2.24) is 20.3 Å². The molecule has 0 atom stereocenters. The molecule has 5 N–H and O–H groups in total. The molecular formula is C13H13N5O. The summed E-state index contributed by atoms with van der Waals surface area (Å²) in [4.78, 5) is 22.1. The van der Waals surface area contributed by atoms with E-state index in [9.17, 15) is 4.79 Å². The molecule has 2 aromatic heterocycles. The number of H-pyrrole nitrogens is 2. The second-order valence-electron chi connectivity index (χ2n) is 4.23. The second kappa shape index (κ2) is 4.49. The van der Waals surface area contributed by atoms with Gasteiger partial charge in [-0.2, -0.15) is 0 Å². The number of amides is 1. The lowest BCUT2D eigenvalue weighted by Crippen LogP contribution is -2.23. The summed E-state index contributed by atoms with van der Waals surface area (Å²) in [7, 11) is 0. The van der Waals surface area contributed by atoms with Gasteiger partial charge in [0.2, 0.25) is 0 Å². The maximum Gasteiger partial charge on any atom is 0.253 e. The van der Waals surface area contributed by atoms with Crippen molar-refractivity contribution < 1.29 is 4.79 Å². The van der Waals surface area contributed by atoms with Gasteiger partial charge in [0.05, 0.1) is 12.1 Å². The number of imidazole rings is 1. The summed E-state index contributed by atoms with van der Waals surface area (Å²) in [5.41, 5.74) is 7.81. The van der Waals surface area contributed by atoms with Crippen molar-refractivity contribution in [3.63, 3.8) is 0 Å². The molecule has 0 saturated heterocycles. The highest BCUT2D eigenvalue weighted by Crippen LogP contribution is 2.20. The molecule has 0 unspecified atom stereocenters. The van der Waals surface area contributed by atoms with Crippen molar-refractivity contribution in [2.24, 2.45) is 0 Å². The van der Waals surface area contributed by atoms with Gasteiger partial charge in [-0.1, -0.05) is 0 Å². The molecular weight excluding hydrogens is 242 g/mol. The highest BCUT2D eigenvalue weighted by atomic mass is 16.1. The highest BCUT2D eigenvalue weighted by Gasteiger charge is 2.11.